The summed E-state index contributed by atoms with van der Waals surface area (Å²) in [7, 11) is -0.859. The molecule has 1 aliphatic rings. The van der Waals surface area contributed by atoms with Crippen LogP contribution in [0.2, 0.25) is 0 Å². The van der Waals surface area contributed by atoms with E-state index in [4.69, 9.17) is 5.90 Å². The molecule has 5 heteroatoms. The molecule has 0 aromatic heterocycles. The number of hydrogen-bond acceptors (Lipinski definition) is 4. The van der Waals surface area contributed by atoms with Crippen molar-refractivity contribution in [3.8, 4) is 0 Å². The maximum atomic E-state index is 10.4. The highest BCUT2D eigenvalue weighted by atomic mass is 16.6. The smallest absolute Gasteiger partial charge is 0.328 e. The van der Waals surface area contributed by atoms with Crippen molar-refractivity contribution in [1.82, 2.24) is 0 Å². The third kappa shape index (κ3) is 1.47. The quantitative estimate of drug-likeness (QED) is 0.441. The van der Waals surface area contributed by atoms with Crippen LogP contribution >= 0.6 is 0 Å². The van der Waals surface area contributed by atoms with Gasteiger partial charge in [-0.2, -0.15) is 4.91 Å². The van der Waals surface area contributed by atoms with Crippen molar-refractivity contribution in [3.63, 3.8) is 0 Å². The fourth-order valence-corrected chi connectivity index (χ4v) is 1.65. The normalized spacial score (nSPS) is 13.4. The Bertz CT molecular complexity index is 392. The van der Waals surface area contributed by atoms with Gasteiger partial charge in [-0.3, -0.25) is 0 Å². The molecule has 0 bridgehead atoms. The van der Waals surface area contributed by atoms with Crippen LogP contribution in [-0.4, -0.2) is 7.05 Å². The summed E-state index contributed by atoms with van der Waals surface area (Å²) >= 11 is 0. The summed E-state index contributed by atoms with van der Waals surface area (Å²) in [6.45, 7) is 0. The summed E-state index contributed by atoms with van der Waals surface area (Å²) in [6, 6.07) is 7.91. The van der Waals surface area contributed by atoms with Gasteiger partial charge in [0.05, 0.1) is 0 Å². The topological polar surface area (TPSA) is 64.7 Å². The van der Waals surface area contributed by atoms with Crippen LogP contribution < -0.4 is 5.90 Å². The molecule has 14 heavy (non-hydrogen) atoms. The zero-order valence-electron chi connectivity index (χ0n) is 7.51. The van der Waals surface area contributed by atoms with Gasteiger partial charge in [0.1, 0.15) is 0 Å². The van der Waals surface area contributed by atoms with Crippen molar-refractivity contribution >= 4 is 13.1 Å². The van der Waals surface area contributed by atoms with Gasteiger partial charge in [-0.05, 0) is 23.0 Å². The van der Waals surface area contributed by atoms with Crippen LogP contribution in [-0.2, 0) is 11.2 Å². The molecule has 0 atom stereocenters. The SMILES string of the molecule is NOB(N=O)C1=Cc2ccccc2C1. The lowest BCUT2D eigenvalue weighted by atomic mass is 9.74. The first-order valence-corrected chi connectivity index (χ1v) is 4.31. The van der Waals surface area contributed by atoms with Gasteiger partial charge in [0.15, 0.2) is 0 Å². The number of nitrogens with zero attached hydrogens (tertiary/aromatic N) is 1. The Balaban J connectivity index is 2.26. The lowest BCUT2D eigenvalue weighted by Crippen LogP contribution is -2.22. The molecule has 0 radical (unpaired) electrons. The highest BCUT2D eigenvalue weighted by Crippen LogP contribution is 2.26. The van der Waals surface area contributed by atoms with Crippen LogP contribution in [0.1, 0.15) is 11.1 Å². The lowest BCUT2D eigenvalue weighted by molar-refractivity contribution is 0.342. The fraction of sp³-hybridized carbons (Fsp3) is 0.111. The van der Waals surface area contributed by atoms with Crippen molar-refractivity contribution in [1.29, 1.82) is 0 Å². The van der Waals surface area contributed by atoms with Gasteiger partial charge in [-0.25, -0.2) is 5.90 Å². The summed E-state index contributed by atoms with van der Waals surface area (Å²) in [5, 5.41) is 2.81. The fourth-order valence-electron chi connectivity index (χ4n) is 1.65. The average molecular weight is 188 g/mol. The molecule has 2 N–H and O–H groups in total. The van der Waals surface area contributed by atoms with Gasteiger partial charge < -0.3 is 4.76 Å². The van der Waals surface area contributed by atoms with Crippen LogP contribution in [0.25, 0.3) is 6.08 Å². The summed E-state index contributed by atoms with van der Waals surface area (Å²) in [5.74, 6) is 4.96. The van der Waals surface area contributed by atoms with E-state index in [0.29, 0.717) is 6.42 Å². The minimum atomic E-state index is -0.859. The van der Waals surface area contributed by atoms with E-state index in [1.807, 2.05) is 30.3 Å². The number of fused-ring (bicyclic) bond motifs is 1. The minimum Gasteiger partial charge on any atom is -0.328 e. The maximum Gasteiger partial charge on any atom is 0.532 e. The first-order chi connectivity index (χ1) is 6.85. The lowest BCUT2D eigenvalue weighted by Gasteiger charge is -2.01. The number of nitrogens with two attached hydrogens (primary N) is 1. The second-order valence-corrected chi connectivity index (χ2v) is 3.19. The number of benzene rings is 1. The van der Waals surface area contributed by atoms with Gasteiger partial charge in [0, 0.05) is 0 Å². The van der Waals surface area contributed by atoms with Crippen molar-refractivity contribution in [2.45, 2.75) is 6.42 Å². The van der Waals surface area contributed by atoms with Crippen molar-refractivity contribution in [3.05, 3.63) is 45.8 Å². The zero-order chi connectivity index (χ0) is 9.97. The molecule has 0 fully saturated rings. The molecule has 4 nitrogen and oxygen atoms in total. The standard InChI is InChI=1S/C9H9BN2O2/c11-14-10(12-13)9-5-7-3-1-2-4-8(7)6-9/h1-5H,6,11H2. The van der Waals surface area contributed by atoms with Crippen LogP contribution in [0.5, 0.6) is 0 Å². The molecular weight excluding hydrogens is 179 g/mol. The van der Waals surface area contributed by atoms with E-state index in [9.17, 15) is 4.91 Å². The molecule has 1 aromatic rings. The van der Waals surface area contributed by atoms with Gasteiger partial charge in [0.2, 0.25) is 0 Å². The van der Waals surface area contributed by atoms with Gasteiger partial charge in [-0.15, -0.1) is 0 Å². The molecule has 1 aliphatic carbocycles. The highest BCUT2D eigenvalue weighted by molar-refractivity contribution is 6.59. The average Bonchev–Trinajstić information content (AvgIpc) is 2.63. The van der Waals surface area contributed by atoms with E-state index in [-0.39, 0.29) is 0 Å². The summed E-state index contributed by atoms with van der Waals surface area (Å²) < 4.78 is 4.47. The molecule has 0 heterocycles. The molecular formula is C9H9BN2O2. The summed E-state index contributed by atoms with van der Waals surface area (Å²) in [6.07, 6.45) is 2.58. The van der Waals surface area contributed by atoms with Gasteiger partial charge in [0.25, 0.3) is 0 Å². The molecule has 0 saturated carbocycles. The molecule has 0 unspecified atom stereocenters. The van der Waals surface area contributed by atoms with Crippen LogP contribution in [0.15, 0.2) is 34.8 Å². The first kappa shape index (κ1) is 9.11. The minimum absolute atomic E-state index is 0.684. The number of hydrogen-bond donors (Lipinski definition) is 1. The molecule has 0 saturated heterocycles. The van der Waals surface area contributed by atoms with E-state index in [1.165, 1.54) is 5.56 Å². The number of nitroso groups, excluding NO2 is 1. The van der Waals surface area contributed by atoms with E-state index >= 15 is 0 Å². The Morgan fingerprint density at radius 2 is 2.21 bits per heavy atom. The Kier molecular flexibility index (Phi) is 2.43. The third-order valence-electron chi connectivity index (χ3n) is 2.33. The van der Waals surface area contributed by atoms with Crippen molar-refractivity contribution in [2.24, 2.45) is 11.0 Å². The molecule has 2 rings (SSSR count). The molecule has 70 valence electrons. The predicted octanol–water partition coefficient (Wildman–Crippen LogP) is 1.31. The Morgan fingerprint density at radius 3 is 2.86 bits per heavy atom. The molecule has 0 aliphatic heterocycles. The van der Waals surface area contributed by atoms with Crippen LogP contribution in [0.4, 0.5) is 0 Å². The van der Waals surface area contributed by atoms with Crippen LogP contribution in [0, 0.1) is 4.91 Å². The van der Waals surface area contributed by atoms with Gasteiger partial charge in [-0.1, -0.05) is 35.4 Å². The van der Waals surface area contributed by atoms with E-state index in [1.54, 1.807) is 0 Å². The van der Waals surface area contributed by atoms with Crippen molar-refractivity contribution < 1.29 is 4.76 Å². The number of rotatable bonds is 3. The van der Waals surface area contributed by atoms with Crippen LogP contribution in [0.3, 0.4) is 0 Å². The van der Waals surface area contributed by atoms with E-state index < -0.39 is 7.05 Å². The Hall–Kier alpha value is -1.46. The highest BCUT2D eigenvalue weighted by Gasteiger charge is 2.27. The second-order valence-electron chi connectivity index (χ2n) is 3.19. The number of allylic oxidation sites excluding steroid dienone is 1. The van der Waals surface area contributed by atoms with Gasteiger partial charge >= 0.3 is 7.05 Å². The monoisotopic (exact) mass is 188 g/mol. The first-order valence-electron chi connectivity index (χ1n) is 4.31. The largest absolute Gasteiger partial charge is 0.532 e. The third-order valence-corrected chi connectivity index (χ3v) is 2.33. The molecule has 0 spiro atoms. The molecule has 0 amide bonds. The zero-order valence-corrected chi connectivity index (χ0v) is 7.51. The van der Waals surface area contributed by atoms with E-state index in [2.05, 4.69) is 9.84 Å². The summed E-state index contributed by atoms with van der Waals surface area (Å²) in [4.78, 5) is 10.4. The Labute approximate surface area is 81.8 Å². The molecule has 1 aromatic carbocycles. The second kappa shape index (κ2) is 3.73. The predicted molar refractivity (Wildman–Crippen MR) is 54.9 cm³/mol. The van der Waals surface area contributed by atoms with Crippen molar-refractivity contribution in [2.75, 3.05) is 0 Å². The Morgan fingerprint density at radius 1 is 1.43 bits per heavy atom. The summed E-state index contributed by atoms with van der Waals surface area (Å²) in [5.41, 5.74) is 3.09. The maximum absolute atomic E-state index is 10.4. The van der Waals surface area contributed by atoms with E-state index in [0.717, 1.165) is 11.0 Å².